The molecule has 2 rings (SSSR count). The summed E-state index contributed by atoms with van der Waals surface area (Å²) in [6.45, 7) is -0.112. The molecule has 0 bridgehead atoms. The van der Waals surface area contributed by atoms with Gasteiger partial charge in [-0.3, -0.25) is 24.6 Å². The molecule has 0 unspecified atom stereocenters. The summed E-state index contributed by atoms with van der Waals surface area (Å²) in [5, 5.41) is 10.4. The summed E-state index contributed by atoms with van der Waals surface area (Å²) in [5.74, 6) is 1.69. The van der Waals surface area contributed by atoms with Crippen molar-refractivity contribution in [3.8, 4) is 12.3 Å². The summed E-state index contributed by atoms with van der Waals surface area (Å²) in [4.78, 5) is 34.9. The van der Waals surface area contributed by atoms with E-state index < -0.39 is 16.1 Å². The summed E-state index contributed by atoms with van der Waals surface area (Å²) in [6, 6.07) is 5.98. The number of nitrogens with zero attached hydrogens (tertiary/aromatic N) is 2. The topological polar surface area (TPSA) is 80.5 Å². The minimum atomic E-state index is -0.544. The highest BCUT2D eigenvalue weighted by Crippen LogP contribution is 2.33. The monoisotopic (exact) mass is 288 g/mol. The number of para-hydroxylation sites is 1. The third kappa shape index (κ3) is 2.55. The van der Waals surface area contributed by atoms with Gasteiger partial charge in [0.1, 0.15) is 0 Å². The highest BCUT2D eigenvalue weighted by atomic mass is 32.2. The van der Waals surface area contributed by atoms with Gasteiger partial charge in [-0.2, -0.15) is 0 Å². The molecule has 0 N–H and O–H groups in total. The zero-order valence-corrected chi connectivity index (χ0v) is 10.9. The third-order valence-electron chi connectivity index (χ3n) is 2.54. The summed E-state index contributed by atoms with van der Waals surface area (Å²) in [7, 11) is 0. The van der Waals surface area contributed by atoms with Crippen molar-refractivity contribution in [1.29, 1.82) is 0 Å². The van der Waals surface area contributed by atoms with Crippen LogP contribution in [0.2, 0.25) is 0 Å². The van der Waals surface area contributed by atoms with E-state index in [2.05, 4.69) is 5.92 Å². The van der Waals surface area contributed by atoms with Crippen LogP contribution in [0.25, 0.3) is 6.08 Å². The summed E-state index contributed by atoms with van der Waals surface area (Å²) >= 11 is 0.717. The molecular weight excluding hydrogens is 280 g/mol. The van der Waals surface area contributed by atoms with Crippen LogP contribution in [-0.2, 0) is 4.79 Å². The Morgan fingerprint density at radius 2 is 2.10 bits per heavy atom. The summed E-state index contributed by atoms with van der Waals surface area (Å²) in [6.07, 6.45) is 6.41. The van der Waals surface area contributed by atoms with Crippen molar-refractivity contribution in [3.63, 3.8) is 0 Å². The molecule has 1 fully saturated rings. The van der Waals surface area contributed by atoms with E-state index >= 15 is 0 Å². The smallest absolute Gasteiger partial charge is 0.268 e. The van der Waals surface area contributed by atoms with Gasteiger partial charge in [0.25, 0.3) is 16.8 Å². The van der Waals surface area contributed by atoms with Gasteiger partial charge in [-0.25, -0.2) is 0 Å². The molecular formula is C13H8N2O4S. The van der Waals surface area contributed by atoms with Gasteiger partial charge in [-0.05, 0) is 23.9 Å². The lowest BCUT2D eigenvalue weighted by atomic mass is 10.1. The van der Waals surface area contributed by atoms with Gasteiger partial charge >= 0.3 is 0 Å². The van der Waals surface area contributed by atoms with Crippen LogP contribution in [0.5, 0.6) is 0 Å². The predicted octanol–water partition coefficient (Wildman–Crippen LogP) is 2.26. The Bertz CT molecular complexity index is 675. The van der Waals surface area contributed by atoms with E-state index in [1.165, 1.54) is 24.3 Å². The molecule has 1 saturated heterocycles. The van der Waals surface area contributed by atoms with Crippen molar-refractivity contribution in [2.75, 3.05) is 6.54 Å². The molecule has 1 aliphatic heterocycles. The minimum Gasteiger partial charge on any atom is -0.268 e. The molecule has 1 aromatic rings. The summed E-state index contributed by atoms with van der Waals surface area (Å²) < 4.78 is 0. The Hall–Kier alpha value is -2.59. The lowest BCUT2D eigenvalue weighted by Gasteiger charge is -2.06. The van der Waals surface area contributed by atoms with E-state index in [1.54, 1.807) is 6.07 Å². The molecule has 1 heterocycles. The minimum absolute atomic E-state index is 0.112. The molecule has 0 saturated carbocycles. The number of carbonyl (C=O) groups is 2. The van der Waals surface area contributed by atoms with E-state index in [4.69, 9.17) is 6.42 Å². The number of amides is 2. The molecule has 1 aromatic carbocycles. The highest BCUT2D eigenvalue weighted by molar-refractivity contribution is 8.18. The second kappa shape index (κ2) is 5.59. The maximum atomic E-state index is 11.9. The summed E-state index contributed by atoms with van der Waals surface area (Å²) in [5.41, 5.74) is 0.139. The fourth-order valence-corrected chi connectivity index (χ4v) is 2.47. The van der Waals surface area contributed by atoms with Gasteiger partial charge in [0, 0.05) is 6.07 Å². The zero-order valence-electron chi connectivity index (χ0n) is 10.1. The number of benzene rings is 1. The molecule has 20 heavy (non-hydrogen) atoms. The van der Waals surface area contributed by atoms with Gasteiger partial charge in [0.2, 0.25) is 0 Å². The van der Waals surface area contributed by atoms with Gasteiger partial charge in [-0.15, -0.1) is 6.42 Å². The number of thioether (sulfide) groups is 1. The van der Waals surface area contributed by atoms with Crippen LogP contribution in [0.3, 0.4) is 0 Å². The number of carbonyl (C=O) groups excluding carboxylic acids is 2. The number of imide groups is 1. The molecule has 2 amide bonds. The standard InChI is InChI=1S/C13H8N2O4S/c1-2-7-14-12(16)11(20-13(14)17)8-9-5-3-4-6-10(9)15(18)19/h1,3-6,8H,7H2/b11-8-. The predicted molar refractivity (Wildman–Crippen MR) is 74.6 cm³/mol. The van der Waals surface area contributed by atoms with E-state index in [1.807, 2.05) is 0 Å². The van der Waals surface area contributed by atoms with Crippen LogP contribution in [0, 0.1) is 22.5 Å². The maximum absolute atomic E-state index is 11.9. The number of nitro benzene ring substituents is 1. The average Bonchev–Trinajstić information content (AvgIpc) is 2.67. The first-order valence-electron chi connectivity index (χ1n) is 5.47. The van der Waals surface area contributed by atoms with E-state index in [0.29, 0.717) is 0 Å². The lowest BCUT2D eigenvalue weighted by molar-refractivity contribution is -0.385. The Balaban J connectivity index is 2.39. The molecule has 6 nitrogen and oxygen atoms in total. The van der Waals surface area contributed by atoms with Crippen molar-refractivity contribution >= 4 is 34.7 Å². The van der Waals surface area contributed by atoms with Gasteiger partial charge in [0.05, 0.1) is 21.9 Å². The number of terminal acetylenes is 1. The van der Waals surface area contributed by atoms with Crippen molar-refractivity contribution in [2.24, 2.45) is 0 Å². The molecule has 0 spiro atoms. The Morgan fingerprint density at radius 1 is 1.40 bits per heavy atom. The number of hydrogen-bond donors (Lipinski definition) is 0. The molecule has 0 radical (unpaired) electrons. The average molecular weight is 288 g/mol. The molecule has 0 atom stereocenters. The first-order valence-corrected chi connectivity index (χ1v) is 6.28. The highest BCUT2D eigenvalue weighted by Gasteiger charge is 2.34. The van der Waals surface area contributed by atoms with Crippen LogP contribution in [0.1, 0.15) is 5.56 Å². The van der Waals surface area contributed by atoms with Gasteiger partial charge in [-0.1, -0.05) is 18.1 Å². The fraction of sp³-hybridized carbons (Fsp3) is 0.0769. The SMILES string of the molecule is C#CCN1C(=O)S/C(=C\c2ccccc2[N+](=O)[O-])C1=O. The second-order valence-corrected chi connectivity index (χ2v) is 4.78. The fourth-order valence-electron chi connectivity index (χ4n) is 1.64. The second-order valence-electron chi connectivity index (χ2n) is 3.79. The van der Waals surface area contributed by atoms with Crippen molar-refractivity contribution in [1.82, 2.24) is 4.90 Å². The lowest BCUT2D eigenvalue weighted by Crippen LogP contribution is -2.28. The molecule has 0 aliphatic carbocycles. The Morgan fingerprint density at radius 3 is 2.75 bits per heavy atom. The number of nitro groups is 1. The van der Waals surface area contributed by atoms with Crippen LogP contribution in [0.15, 0.2) is 29.2 Å². The van der Waals surface area contributed by atoms with Crippen molar-refractivity contribution < 1.29 is 14.5 Å². The van der Waals surface area contributed by atoms with Crippen LogP contribution in [-0.4, -0.2) is 27.5 Å². The van der Waals surface area contributed by atoms with Crippen molar-refractivity contribution in [3.05, 3.63) is 44.8 Å². The Labute approximate surface area is 118 Å². The third-order valence-corrected chi connectivity index (χ3v) is 3.45. The van der Waals surface area contributed by atoms with E-state index in [-0.39, 0.29) is 22.7 Å². The quantitative estimate of drug-likeness (QED) is 0.369. The largest absolute Gasteiger partial charge is 0.294 e. The molecule has 7 heteroatoms. The molecule has 100 valence electrons. The normalized spacial score (nSPS) is 16.6. The molecule has 1 aliphatic rings. The van der Waals surface area contributed by atoms with E-state index in [0.717, 1.165) is 16.7 Å². The van der Waals surface area contributed by atoms with Gasteiger partial charge in [0.15, 0.2) is 0 Å². The number of hydrogen-bond acceptors (Lipinski definition) is 5. The van der Waals surface area contributed by atoms with Crippen LogP contribution >= 0.6 is 11.8 Å². The van der Waals surface area contributed by atoms with Crippen LogP contribution in [0.4, 0.5) is 10.5 Å². The van der Waals surface area contributed by atoms with E-state index in [9.17, 15) is 19.7 Å². The first-order chi connectivity index (χ1) is 9.54. The van der Waals surface area contributed by atoms with Gasteiger partial charge < -0.3 is 0 Å². The van der Waals surface area contributed by atoms with Crippen molar-refractivity contribution in [2.45, 2.75) is 0 Å². The maximum Gasteiger partial charge on any atom is 0.294 e. The Kier molecular flexibility index (Phi) is 3.86. The molecule has 0 aromatic heterocycles. The number of rotatable bonds is 3. The zero-order chi connectivity index (χ0) is 14.7. The van der Waals surface area contributed by atoms with Crippen LogP contribution < -0.4 is 0 Å². The first kappa shape index (κ1) is 13.8.